The third kappa shape index (κ3) is 2.39. The lowest BCUT2D eigenvalue weighted by molar-refractivity contribution is 0.607. The van der Waals surface area contributed by atoms with Crippen LogP contribution in [0.15, 0.2) is 36.4 Å². The van der Waals surface area contributed by atoms with Gasteiger partial charge in [0.05, 0.1) is 0 Å². The van der Waals surface area contributed by atoms with Crippen molar-refractivity contribution in [1.82, 2.24) is 4.98 Å². The molecule has 3 aliphatic rings. The van der Waals surface area contributed by atoms with Gasteiger partial charge in [0.25, 0.3) is 0 Å². The average Bonchev–Trinajstić information content (AvgIpc) is 3.44. The van der Waals surface area contributed by atoms with Crippen molar-refractivity contribution in [1.29, 1.82) is 0 Å². The van der Waals surface area contributed by atoms with Crippen LogP contribution in [0.25, 0.3) is 0 Å². The van der Waals surface area contributed by atoms with Crippen LogP contribution in [0.3, 0.4) is 0 Å². The molecule has 0 saturated heterocycles. The first-order valence-corrected chi connectivity index (χ1v) is 8.98. The van der Waals surface area contributed by atoms with E-state index < -0.39 is 0 Å². The van der Waals surface area contributed by atoms with E-state index in [2.05, 4.69) is 19.1 Å². The summed E-state index contributed by atoms with van der Waals surface area (Å²) in [5.74, 6) is 2.64. The molecule has 5 rings (SSSR count). The Kier molecular flexibility index (Phi) is 2.92. The van der Waals surface area contributed by atoms with E-state index in [0.717, 1.165) is 5.56 Å². The highest BCUT2D eigenvalue weighted by Gasteiger charge is 2.50. The van der Waals surface area contributed by atoms with E-state index in [0.29, 0.717) is 29.6 Å². The minimum Gasteiger partial charge on any atom is -0.257 e. The average molecular weight is 307 g/mol. The number of pyridine rings is 1. The molecular formula is C21H22FN. The van der Waals surface area contributed by atoms with Gasteiger partial charge in [-0.3, -0.25) is 4.98 Å². The molecule has 2 heteroatoms. The normalized spacial score (nSPS) is 29.6. The van der Waals surface area contributed by atoms with Crippen LogP contribution in [0, 0.1) is 11.7 Å². The third-order valence-electron chi connectivity index (χ3n) is 5.91. The molecule has 0 N–H and O–H groups in total. The Bertz CT molecular complexity index is 730. The van der Waals surface area contributed by atoms with Crippen molar-refractivity contribution in [3.63, 3.8) is 0 Å². The van der Waals surface area contributed by atoms with Crippen molar-refractivity contribution in [2.24, 2.45) is 5.92 Å². The number of aromatic nitrogens is 1. The van der Waals surface area contributed by atoms with Gasteiger partial charge in [0.15, 0.2) is 0 Å². The maximum atomic E-state index is 14.2. The summed E-state index contributed by atoms with van der Waals surface area (Å²) in [6.45, 7) is 2.26. The molecule has 1 nitrogen and oxygen atoms in total. The van der Waals surface area contributed by atoms with Gasteiger partial charge in [0.2, 0.25) is 0 Å². The Hall–Kier alpha value is -1.70. The van der Waals surface area contributed by atoms with Crippen LogP contribution in [0.5, 0.6) is 0 Å². The minimum absolute atomic E-state index is 0.0502. The molecule has 0 unspecified atom stereocenters. The maximum absolute atomic E-state index is 14.2. The molecule has 0 amide bonds. The van der Waals surface area contributed by atoms with E-state index in [9.17, 15) is 4.39 Å². The van der Waals surface area contributed by atoms with E-state index in [-0.39, 0.29) is 5.82 Å². The van der Waals surface area contributed by atoms with Crippen LogP contribution < -0.4 is 0 Å². The predicted molar refractivity (Wildman–Crippen MR) is 89.2 cm³/mol. The summed E-state index contributed by atoms with van der Waals surface area (Å²) in [6, 6.07) is 11.9. The summed E-state index contributed by atoms with van der Waals surface area (Å²) in [5.41, 5.74) is 4.90. The summed E-state index contributed by atoms with van der Waals surface area (Å²) in [7, 11) is 0. The van der Waals surface area contributed by atoms with Crippen molar-refractivity contribution < 1.29 is 4.39 Å². The second kappa shape index (κ2) is 4.90. The number of halogens is 1. The zero-order valence-corrected chi connectivity index (χ0v) is 13.5. The number of hydrogen-bond acceptors (Lipinski definition) is 1. The van der Waals surface area contributed by atoms with Gasteiger partial charge in [-0.2, -0.15) is 0 Å². The van der Waals surface area contributed by atoms with E-state index in [4.69, 9.17) is 4.98 Å². The Balaban J connectivity index is 1.51. The predicted octanol–water partition coefficient (Wildman–Crippen LogP) is 5.49. The number of nitrogens with zero attached hydrogens (tertiary/aromatic N) is 1. The van der Waals surface area contributed by atoms with E-state index >= 15 is 0 Å². The van der Waals surface area contributed by atoms with Gasteiger partial charge in [-0.15, -0.1) is 0 Å². The zero-order chi connectivity index (χ0) is 15.6. The smallest absolute Gasteiger partial charge is 0.126 e. The molecule has 1 heterocycles. The molecule has 1 aromatic carbocycles. The molecule has 0 aliphatic heterocycles. The molecule has 3 atom stereocenters. The van der Waals surface area contributed by atoms with E-state index in [1.165, 1.54) is 42.6 Å². The largest absolute Gasteiger partial charge is 0.257 e. The fourth-order valence-corrected chi connectivity index (χ4v) is 4.16. The highest BCUT2D eigenvalue weighted by Crippen LogP contribution is 2.61. The van der Waals surface area contributed by atoms with Gasteiger partial charge < -0.3 is 0 Å². The molecule has 1 aromatic heterocycles. The monoisotopic (exact) mass is 307 g/mol. The molecule has 23 heavy (non-hydrogen) atoms. The van der Waals surface area contributed by atoms with E-state index in [1.807, 2.05) is 12.1 Å². The second-order valence-corrected chi connectivity index (χ2v) is 7.73. The van der Waals surface area contributed by atoms with Crippen LogP contribution >= 0.6 is 0 Å². The Morgan fingerprint density at radius 3 is 2.09 bits per heavy atom. The van der Waals surface area contributed by atoms with Gasteiger partial charge in [0, 0.05) is 23.2 Å². The van der Waals surface area contributed by atoms with Crippen LogP contribution in [0.2, 0.25) is 0 Å². The van der Waals surface area contributed by atoms with Crippen molar-refractivity contribution in [2.75, 3.05) is 0 Å². The highest BCUT2D eigenvalue weighted by molar-refractivity contribution is 5.42. The lowest BCUT2D eigenvalue weighted by atomic mass is 10.0. The number of benzene rings is 1. The number of hydrogen-bond donors (Lipinski definition) is 0. The molecule has 0 bridgehead atoms. The van der Waals surface area contributed by atoms with Gasteiger partial charge in [-0.05, 0) is 72.8 Å². The van der Waals surface area contributed by atoms with Crippen molar-refractivity contribution >= 4 is 0 Å². The van der Waals surface area contributed by atoms with Crippen molar-refractivity contribution in [3.05, 3.63) is 64.7 Å². The van der Waals surface area contributed by atoms with Crippen LogP contribution in [-0.4, -0.2) is 4.98 Å². The van der Waals surface area contributed by atoms with E-state index in [1.54, 1.807) is 12.1 Å². The van der Waals surface area contributed by atoms with Gasteiger partial charge in [-0.25, -0.2) is 4.39 Å². The molecule has 3 aliphatic carbocycles. The van der Waals surface area contributed by atoms with Crippen molar-refractivity contribution in [3.8, 4) is 0 Å². The summed E-state index contributed by atoms with van der Waals surface area (Å²) >= 11 is 0. The molecule has 0 spiro atoms. The molecule has 0 radical (unpaired) electrons. The first kappa shape index (κ1) is 13.7. The van der Waals surface area contributed by atoms with Gasteiger partial charge in [-0.1, -0.05) is 25.1 Å². The molecule has 3 saturated carbocycles. The van der Waals surface area contributed by atoms with Gasteiger partial charge >= 0.3 is 0 Å². The van der Waals surface area contributed by atoms with Crippen molar-refractivity contribution in [2.45, 2.75) is 56.3 Å². The van der Waals surface area contributed by atoms with Crippen LogP contribution in [-0.2, 0) is 0 Å². The molecule has 118 valence electrons. The summed E-state index contributed by atoms with van der Waals surface area (Å²) in [4.78, 5) is 4.93. The summed E-state index contributed by atoms with van der Waals surface area (Å²) in [6.07, 6.45) is 5.16. The first-order chi connectivity index (χ1) is 11.2. The minimum atomic E-state index is -0.0502. The molecule has 2 aromatic rings. The fourth-order valence-electron chi connectivity index (χ4n) is 4.16. The standard InChI is InChI=1S/C21H22FN/c1-12-20(21(12)16-4-2-3-5-17(16)22)15-10-18(13-6-7-13)23-19(11-15)14-8-9-14/h2-5,10-14,20-21H,6-9H2,1H3/t12-,20+,21+/m0/s1. The Labute approximate surface area is 137 Å². The topological polar surface area (TPSA) is 12.9 Å². The third-order valence-corrected chi connectivity index (χ3v) is 5.91. The number of rotatable bonds is 4. The highest BCUT2D eigenvalue weighted by atomic mass is 19.1. The van der Waals surface area contributed by atoms with Gasteiger partial charge in [0.1, 0.15) is 5.82 Å². The first-order valence-electron chi connectivity index (χ1n) is 8.98. The quantitative estimate of drug-likeness (QED) is 0.727. The molecule has 3 fully saturated rings. The molecular weight excluding hydrogens is 285 g/mol. The maximum Gasteiger partial charge on any atom is 0.126 e. The SMILES string of the molecule is C[C@H]1[C@H](c2cc(C3CC3)nc(C3CC3)c2)[C@H]1c1ccccc1F. The summed E-state index contributed by atoms with van der Waals surface area (Å²) < 4.78 is 14.2. The van der Waals surface area contributed by atoms with Crippen LogP contribution in [0.4, 0.5) is 4.39 Å². The Morgan fingerprint density at radius 1 is 0.913 bits per heavy atom. The lowest BCUT2D eigenvalue weighted by Crippen LogP contribution is -1.97. The lowest BCUT2D eigenvalue weighted by Gasteiger charge is -2.09. The second-order valence-electron chi connectivity index (χ2n) is 7.73. The summed E-state index contributed by atoms with van der Waals surface area (Å²) in [5, 5.41) is 0. The van der Waals surface area contributed by atoms with Crippen LogP contribution in [0.1, 0.15) is 78.8 Å². The fraction of sp³-hybridized carbons (Fsp3) is 0.476. The zero-order valence-electron chi connectivity index (χ0n) is 13.5. The Morgan fingerprint density at radius 2 is 1.52 bits per heavy atom.